The molecule has 1 saturated heterocycles. The lowest BCUT2D eigenvalue weighted by atomic mass is 10.1. The van der Waals surface area contributed by atoms with Gasteiger partial charge in [-0.2, -0.15) is 0 Å². The van der Waals surface area contributed by atoms with E-state index >= 15 is 0 Å². The second-order valence-electron chi connectivity index (χ2n) is 6.41. The third-order valence-electron chi connectivity index (χ3n) is 4.40. The molecule has 1 heterocycles. The smallest absolute Gasteiger partial charge is 0.306 e. The van der Waals surface area contributed by atoms with Gasteiger partial charge in [-0.15, -0.1) is 0 Å². The molecule has 1 aliphatic heterocycles. The summed E-state index contributed by atoms with van der Waals surface area (Å²) in [6.07, 6.45) is 3.20. The average Bonchev–Trinajstić information content (AvgIpc) is 2.73. The van der Waals surface area contributed by atoms with Crippen LogP contribution >= 0.6 is 0 Å². The Morgan fingerprint density at radius 2 is 1.86 bits per heavy atom. The first-order valence-corrected chi connectivity index (χ1v) is 9.22. The van der Waals surface area contributed by atoms with Gasteiger partial charge in [-0.25, -0.2) is 0 Å². The minimum absolute atomic E-state index is 0.0565. The van der Waals surface area contributed by atoms with Crippen molar-refractivity contribution in [2.45, 2.75) is 6.42 Å². The van der Waals surface area contributed by atoms with Crippen molar-refractivity contribution >= 4 is 23.5 Å². The largest absolute Gasteiger partial charge is 0.493 e. The molecule has 0 aliphatic carbocycles. The van der Waals surface area contributed by atoms with E-state index in [-0.39, 0.29) is 18.8 Å². The van der Waals surface area contributed by atoms with E-state index < -0.39 is 5.97 Å². The summed E-state index contributed by atoms with van der Waals surface area (Å²) in [5.41, 5.74) is 2.53. The fourth-order valence-corrected chi connectivity index (χ4v) is 2.89. The van der Waals surface area contributed by atoms with Gasteiger partial charge in [-0.3, -0.25) is 9.59 Å². The highest BCUT2D eigenvalue weighted by molar-refractivity contribution is 6.07. The van der Waals surface area contributed by atoms with Gasteiger partial charge >= 0.3 is 5.97 Å². The first kappa shape index (κ1) is 19.6. The summed E-state index contributed by atoms with van der Waals surface area (Å²) < 4.78 is 10.8. The summed E-state index contributed by atoms with van der Waals surface area (Å²) in [7, 11) is 0. The first-order chi connectivity index (χ1) is 13.6. The van der Waals surface area contributed by atoms with Crippen LogP contribution in [0, 0.1) is 0 Å². The number of carboxylic acids is 1. The Bertz CT molecular complexity index is 838. The summed E-state index contributed by atoms with van der Waals surface area (Å²) >= 11 is 0. The quantitative estimate of drug-likeness (QED) is 0.559. The summed E-state index contributed by atoms with van der Waals surface area (Å²) in [4.78, 5) is 25.2. The topological polar surface area (TPSA) is 76.1 Å². The van der Waals surface area contributed by atoms with Crippen LogP contribution in [0.1, 0.15) is 22.3 Å². The maximum Gasteiger partial charge on any atom is 0.306 e. The number of carbonyl (C=O) groups excluding carboxylic acids is 1. The lowest BCUT2D eigenvalue weighted by molar-refractivity contribution is -0.137. The zero-order valence-electron chi connectivity index (χ0n) is 15.5. The zero-order valence-corrected chi connectivity index (χ0v) is 15.5. The van der Waals surface area contributed by atoms with Gasteiger partial charge in [0.05, 0.1) is 26.2 Å². The number of hydrogen-bond acceptors (Lipinski definition) is 5. The molecule has 2 aromatic carbocycles. The number of ether oxygens (including phenoxy) is 2. The van der Waals surface area contributed by atoms with Crippen LogP contribution < -0.4 is 9.64 Å². The molecule has 0 atom stereocenters. The molecule has 3 rings (SSSR count). The van der Waals surface area contributed by atoms with Crippen molar-refractivity contribution < 1.29 is 24.2 Å². The van der Waals surface area contributed by atoms with Crippen molar-refractivity contribution in [1.82, 2.24) is 0 Å². The molecule has 0 radical (unpaired) electrons. The molecule has 0 spiro atoms. The molecule has 1 fully saturated rings. The van der Waals surface area contributed by atoms with E-state index in [1.807, 2.05) is 30.3 Å². The maximum absolute atomic E-state index is 12.4. The van der Waals surface area contributed by atoms with Crippen LogP contribution in [-0.2, 0) is 9.53 Å². The molecule has 2 aromatic rings. The van der Waals surface area contributed by atoms with Crippen molar-refractivity contribution in [3.63, 3.8) is 0 Å². The minimum Gasteiger partial charge on any atom is -0.493 e. The lowest BCUT2D eigenvalue weighted by Gasteiger charge is -2.28. The Balaban J connectivity index is 1.59. The third kappa shape index (κ3) is 5.69. The number of hydrogen-bond donors (Lipinski definition) is 1. The van der Waals surface area contributed by atoms with Crippen molar-refractivity contribution in [2.24, 2.45) is 0 Å². The van der Waals surface area contributed by atoms with Crippen LogP contribution in [0.3, 0.4) is 0 Å². The standard InChI is InChI=1S/C22H23NO5/c24-21(18-5-7-19(8-6-18)23-11-14-27-15-12-23)9-4-17-2-1-3-20(16-17)28-13-10-22(25)26/h1-9,16H,10-15H2,(H,25,26)/b9-4+. The highest BCUT2D eigenvalue weighted by atomic mass is 16.5. The van der Waals surface area contributed by atoms with Crippen LogP contribution in [0.5, 0.6) is 5.75 Å². The molecule has 6 heteroatoms. The molecule has 146 valence electrons. The van der Waals surface area contributed by atoms with Crippen LogP contribution in [0.25, 0.3) is 6.08 Å². The Kier molecular flexibility index (Phi) is 6.81. The van der Waals surface area contributed by atoms with Crippen molar-refractivity contribution in [2.75, 3.05) is 37.8 Å². The predicted molar refractivity (Wildman–Crippen MR) is 107 cm³/mol. The van der Waals surface area contributed by atoms with Gasteiger partial charge in [-0.05, 0) is 48.0 Å². The molecular weight excluding hydrogens is 358 g/mol. The van der Waals surface area contributed by atoms with E-state index in [1.54, 1.807) is 24.3 Å². The first-order valence-electron chi connectivity index (χ1n) is 9.22. The highest BCUT2D eigenvalue weighted by Crippen LogP contribution is 2.18. The number of rotatable bonds is 8. The molecule has 0 aromatic heterocycles. The van der Waals surface area contributed by atoms with Crippen LogP contribution in [0.4, 0.5) is 5.69 Å². The number of morpholine rings is 1. The Morgan fingerprint density at radius 1 is 1.11 bits per heavy atom. The number of aliphatic carboxylic acids is 1. The van der Waals surface area contributed by atoms with Gasteiger partial charge in [-0.1, -0.05) is 18.2 Å². The van der Waals surface area contributed by atoms with Gasteiger partial charge in [0.25, 0.3) is 0 Å². The van der Waals surface area contributed by atoms with Gasteiger partial charge in [0.15, 0.2) is 5.78 Å². The molecule has 0 unspecified atom stereocenters. The normalized spacial score (nSPS) is 14.2. The van der Waals surface area contributed by atoms with Crippen LogP contribution in [0.2, 0.25) is 0 Å². The Hall–Kier alpha value is -3.12. The zero-order chi connectivity index (χ0) is 19.8. The number of allylic oxidation sites excluding steroid dienone is 1. The third-order valence-corrected chi connectivity index (χ3v) is 4.40. The second-order valence-corrected chi connectivity index (χ2v) is 6.41. The van der Waals surface area contributed by atoms with Gasteiger partial charge in [0.1, 0.15) is 5.75 Å². The van der Waals surface area contributed by atoms with Crippen LogP contribution in [0.15, 0.2) is 54.6 Å². The average molecular weight is 381 g/mol. The number of carbonyl (C=O) groups is 2. The molecule has 28 heavy (non-hydrogen) atoms. The molecule has 1 N–H and O–H groups in total. The minimum atomic E-state index is -0.902. The van der Waals surface area contributed by atoms with E-state index in [2.05, 4.69) is 4.90 Å². The fraction of sp³-hybridized carbons (Fsp3) is 0.273. The Labute approximate surface area is 164 Å². The number of nitrogens with zero attached hydrogens (tertiary/aromatic N) is 1. The van der Waals surface area contributed by atoms with E-state index in [9.17, 15) is 9.59 Å². The summed E-state index contributed by atoms with van der Waals surface area (Å²) in [6, 6.07) is 14.8. The van der Waals surface area contributed by atoms with Crippen LogP contribution in [-0.4, -0.2) is 49.8 Å². The Morgan fingerprint density at radius 3 is 2.57 bits per heavy atom. The van der Waals surface area contributed by atoms with E-state index in [1.165, 1.54) is 6.08 Å². The molecule has 0 bridgehead atoms. The number of anilines is 1. The highest BCUT2D eigenvalue weighted by Gasteiger charge is 2.11. The monoisotopic (exact) mass is 381 g/mol. The summed E-state index contributed by atoms with van der Waals surface area (Å²) in [5, 5.41) is 8.65. The van der Waals surface area contributed by atoms with E-state index in [0.717, 1.165) is 37.6 Å². The van der Waals surface area contributed by atoms with E-state index in [0.29, 0.717) is 11.3 Å². The SMILES string of the molecule is O=C(O)CCOc1cccc(/C=C/C(=O)c2ccc(N3CCOCC3)cc2)c1. The maximum atomic E-state index is 12.4. The number of benzene rings is 2. The van der Waals surface area contributed by atoms with Crippen molar-refractivity contribution in [1.29, 1.82) is 0 Å². The summed E-state index contributed by atoms with van der Waals surface area (Å²) in [5.74, 6) is -0.405. The van der Waals surface area contributed by atoms with Gasteiger partial charge < -0.3 is 19.5 Å². The molecule has 0 amide bonds. The summed E-state index contributed by atoms with van der Waals surface area (Å²) in [6.45, 7) is 3.28. The van der Waals surface area contributed by atoms with Gasteiger partial charge in [0.2, 0.25) is 0 Å². The molecule has 6 nitrogen and oxygen atoms in total. The number of carboxylic acid groups (broad SMARTS) is 1. The molecule has 1 aliphatic rings. The number of ketones is 1. The fourth-order valence-electron chi connectivity index (χ4n) is 2.89. The predicted octanol–water partition coefficient (Wildman–Crippen LogP) is 3.27. The molecule has 0 saturated carbocycles. The van der Waals surface area contributed by atoms with E-state index in [4.69, 9.17) is 14.6 Å². The van der Waals surface area contributed by atoms with Crippen molar-refractivity contribution in [3.05, 3.63) is 65.7 Å². The lowest BCUT2D eigenvalue weighted by Crippen LogP contribution is -2.36. The van der Waals surface area contributed by atoms with Crippen molar-refractivity contribution in [3.8, 4) is 5.75 Å². The second kappa shape index (κ2) is 9.71. The van der Waals surface area contributed by atoms with Gasteiger partial charge in [0, 0.05) is 24.3 Å². The molecular formula is C22H23NO5.